The van der Waals surface area contributed by atoms with Crippen molar-refractivity contribution >= 4 is 40.1 Å². The van der Waals surface area contributed by atoms with E-state index in [9.17, 15) is 9.59 Å². The molecule has 2 aromatic rings. The van der Waals surface area contributed by atoms with Crippen molar-refractivity contribution in [3.63, 3.8) is 0 Å². The molecule has 134 valence electrons. The first-order valence-corrected chi connectivity index (χ1v) is 9.27. The quantitative estimate of drug-likeness (QED) is 0.448. The van der Waals surface area contributed by atoms with Crippen molar-refractivity contribution < 1.29 is 19.1 Å². The number of rotatable bonds is 7. The molecule has 0 radical (unpaired) electrons. The molecule has 0 saturated carbocycles. The van der Waals surface area contributed by atoms with Crippen LogP contribution in [0.15, 0.2) is 22.5 Å². The number of hydrogen-bond acceptors (Lipinski definition) is 8. The van der Waals surface area contributed by atoms with Crippen molar-refractivity contribution in [2.75, 3.05) is 18.2 Å². The highest BCUT2D eigenvalue weighted by molar-refractivity contribution is 8.01. The molecule has 1 heterocycles. The van der Waals surface area contributed by atoms with Crippen LogP contribution >= 0.6 is 23.1 Å². The molecule has 1 aromatic heterocycles. The maximum atomic E-state index is 12.3. The first kappa shape index (κ1) is 19.2. The molecular formula is C16H19N3O4S2. The number of ether oxygens (including phenoxy) is 2. The standard InChI is InChI=1S/C16H19N3O4S2/c1-9-5-6-10(2)12(7-9)23-11(3)14(21)17-15-18-19-16(25-15)24-8-13(20)22-4/h5-7,11H,8H2,1-4H3,(H,17,18,21). The Morgan fingerprint density at radius 2 is 2.08 bits per heavy atom. The van der Waals surface area contributed by atoms with E-state index >= 15 is 0 Å². The van der Waals surface area contributed by atoms with Gasteiger partial charge in [-0.1, -0.05) is 35.2 Å². The smallest absolute Gasteiger partial charge is 0.316 e. The Hall–Kier alpha value is -2.13. The number of aromatic nitrogens is 2. The largest absolute Gasteiger partial charge is 0.481 e. The molecule has 0 spiro atoms. The number of nitrogens with zero attached hydrogens (tertiary/aromatic N) is 2. The zero-order valence-corrected chi connectivity index (χ0v) is 16.0. The fourth-order valence-corrected chi connectivity index (χ4v) is 3.37. The predicted octanol–water partition coefficient (Wildman–Crippen LogP) is 2.83. The van der Waals surface area contributed by atoms with Crippen molar-refractivity contribution in [2.45, 2.75) is 31.2 Å². The number of carbonyl (C=O) groups is 2. The molecule has 1 unspecified atom stereocenters. The second kappa shape index (κ2) is 8.82. The third kappa shape index (κ3) is 5.71. The van der Waals surface area contributed by atoms with Crippen molar-refractivity contribution in [2.24, 2.45) is 0 Å². The van der Waals surface area contributed by atoms with Crippen LogP contribution in [0.2, 0.25) is 0 Å². The molecule has 9 heteroatoms. The zero-order chi connectivity index (χ0) is 18.4. The SMILES string of the molecule is COC(=O)CSc1nnc(NC(=O)C(C)Oc2cc(C)ccc2C)s1. The van der Waals surface area contributed by atoms with Crippen molar-refractivity contribution in [1.82, 2.24) is 10.2 Å². The van der Waals surface area contributed by atoms with E-state index in [1.54, 1.807) is 6.92 Å². The fraction of sp³-hybridized carbons (Fsp3) is 0.375. The van der Waals surface area contributed by atoms with E-state index in [4.69, 9.17) is 4.74 Å². The summed E-state index contributed by atoms with van der Waals surface area (Å²) in [5, 5.41) is 10.8. The predicted molar refractivity (Wildman–Crippen MR) is 97.3 cm³/mol. The van der Waals surface area contributed by atoms with Gasteiger partial charge in [0.15, 0.2) is 10.4 Å². The van der Waals surface area contributed by atoms with E-state index in [2.05, 4.69) is 20.3 Å². The summed E-state index contributed by atoms with van der Waals surface area (Å²) in [6, 6.07) is 5.83. The molecule has 2 rings (SSSR count). The lowest BCUT2D eigenvalue weighted by Gasteiger charge is -2.15. The summed E-state index contributed by atoms with van der Waals surface area (Å²) in [4.78, 5) is 23.4. The molecule has 1 aromatic carbocycles. The molecule has 25 heavy (non-hydrogen) atoms. The highest BCUT2D eigenvalue weighted by Crippen LogP contribution is 2.26. The van der Waals surface area contributed by atoms with Gasteiger partial charge in [-0.25, -0.2) is 0 Å². The minimum absolute atomic E-state index is 0.144. The first-order chi connectivity index (χ1) is 11.9. The van der Waals surface area contributed by atoms with Gasteiger partial charge in [0.05, 0.1) is 12.9 Å². The number of esters is 1. The maximum Gasteiger partial charge on any atom is 0.316 e. The van der Waals surface area contributed by atoms with Gasteiger partial charge in [0.1, 0.15) is 5.75 Å². The van der Waals surface area contributed by atoms with E-state index in [1.807, 2.05) is 32.0 Å². The highest BCUT2D eigenvalue weighted by Gasteiger charge is 2.18. The van der Waals surface area contributed by atoms with Crippen LogP contribution in [0.25, 0.3) is 0 Å². The Kier molecular flexibility index (Phi) is 6.77. The Bertz CT molecular complexity index is 764. The lowest BCUT2D eigenvalue weighted by atomic mass is 10.1. The van der Waals surface area contributed by atoms with Gasteiger partial charge in [0.2, 0.25) is 5.13 Å². The van der Waals surface area contributed by atoms with Crippen LogP contribution in [0.5, 0.6) is 5.75 Å². The van der Waals surface area contributed by atoms with Crippen LogP contribution in [0, 0.1) is 13.8 Å². The van der Waals surface area contributed by atoms with Gasteiger partial charge in [-0.2, -0.15) is 0 Å². The van der Waals surface area contributed by atoms with Crippen molar-refractivity contribution in [3.05, 3.63) is 29.3 Å². The van der Waals surface area contributed by atoms with Gasteiger partial charge < -0.3 is 9.47 Å². The number of anilines is 1. The molecule has 0 fully saturated rings. The molecule has 0 aliphatic heterocycles. The normalized spacial score (nSPS) is 11.7. The molecule has 1 amide bonds. The Labute approximate surface area is 154 Å². The Balaban J connectivity index is 1.91. The van der Waals surface area contributed by atoms with Crippen LogP contribution in [-0.2, 0) is 14.3 Å². The van der Waals surface area contributed by atoms with Gasteiger partial charge in [0, 0.05) is 0 Å². The van der Waals surface area contributed by atoms with E-state index in [1.165, 1.54) is 30.2 Å². The van der Waals surface area contributed by atoms with E-state index in [0.717, 1.165) is 11.1 Å². The van der Waals surface area contributed by atoms with Crippen LogP contribution in [-0.4, -0.2) is 41.0 Å². The summed E-state index contributed by atoms with van der Waals surface area (Å²) in [5.74, 6) is 0.155. The number of benzene rings is 1. The minimum Gasteiger partial charge on any atom is -0.481 e. The summed E-state index contributed by atoms with van der Waals surface area (Å²) in [7, 11) is 1.33. The summed E-state index contributed by atoms with van der Waals surface area (Å²) in [6.45, 7) is 5.56. The summed E-state index contributed by atoms with van der Waals surface area (Å²) in [6.07, 6.45) is -0.685. The topological polar surface area (TPSA) is 90.4 Å². The molecule has 0 saturated heterocycles. The average molecular weight is 381 g/mol. The Morgan fingerprint density at radius 3 is 2.80 bits per heavy atom. The zero-order valence-electron chi connectivity index (χ0n) is 14.4. The van der Waals surface area contributed by atoms with Crippen molar-refractivity contribution in [3.8, 4) is 5.75 Å². The number of nitrogens with one attached hydrogen (secondary N) is 1. The second-order valence-electron chi connectivity index (χ2n) is 5.26. The number of aryl methyl sites for hydroxylation is 2. The molecule has 1 N–H and O–H groups in total. The van der Waals surface area contributed by atoms with Gasteiger partial charge in [-0.3, -0.25) is 14.9 Å². The van der Waals surface area contributed by atoms with E-state index in [-0.39, 0.29) is 17.6 Å². The van der Waals surface area contributed by atoms with Crippen LogP contribution in [0.3, 0.4) is 0 Å². The molecular weight excluding hydrogens is 362 g/mol. The number of thioether (sulfide) groups is 1. The molecule has 0 bridgehead atoms. The van der Waals surface area contributed by atoms with Gasteiger partial charge in [-0.15, -0.1) is 10.2 Å². The molecule has 1 atom stereocenters. The first-order valence-electron chi connectivity index (χ1n) is 7.47. The summed E-state index contributed by atoms with van der Waals surface area (Å²) < 4.78 is 10.9. The Morgan fingerprint density at radius 1 is 1.32 bits per heavy atom. The summed E-state index contributed by atoms with van der Waals surface area (Å²) >= 11 is 2.39. The highest BCUT2D eigenvalue weighted by atomic mass is 32.2. The summed E-state index contributed by atoms with van der Waals surface area (Å²) in [5.41, 5.74) is 2.02. The molecule has 0 aliphatic rings. The van der Waals surface area contributed by atoms with Crippen LogP contribution in [0.1, 0.15) is 18.1 Å². The monoisotopic (exact) mass is 381 g/mol. The van der Waals surface area contributed by atoms with Crippen LogP contribution in [0.4, 0.5) is 5.13 Å². The molecule has 7 nitrogen and oxygen atoms in total. The van der Waals surface area contributed by atoms with E-state index < -0.39 is 6.10 Å². The third-order valence-electron chi connectivity index (χ3n) is 3.19. The van der Waals surface area contributed by atoms with Gasteiger partial charge in [0.25, 0.3) is 5.91 Å². The van der Waals surface area contributed by atoms with Gasteiger partial charge >= 0.3 is 5.97 Å². The number of carbonyl (C=O) groups excluding carboxylic acids is 2. The number of hydrogen-bond donors (Lipinski definition) is 1. The lowest BCUT2D eigenvalue weighted by Crippen LogP contribution is -2.30. The van der Waals surface area contributed by atoms with E-state index in [0.29, 0.717) is 15.2 Å². The maximum absolute atomic E-state index is 12.3. The lowest BCUT2D eigenvalue weighted by molar-refractivity contribution is -0.137. The molecule has 0 aliphatic carbocycles. The second-order valence-corrected chi connectivity index (χ2v) is 7.46. The van der Waals surface area contributed by atoms with Crippen LogP contribution < -0.4 is 10.1 Å². The van der Waals surface area contributed by atoms with Crippen molar-refractivity contribution in [1.29, 1.82) is 0 Å². The van der Waals surface area contributed by atoms with Gasteiger partial charge in [-0.05, 0) is 38.0 Å². The fourth-order valence-electron chi connectivity index (χ4n) is 1.78. The third-order valence-corrected chi connectivity index (χ3v) is 5.14. The average Bonchev–Trinajstić information content (AvgIpc) is 3.03. The number of methoxy groups -OCH3 is 1. The number of amides is 1. The minimum atomic E-state index is -0.685.